The van der Waals surface area contributed by atoms with E-state index >= 15 is 0 Å². The molecule has 1 aromatic heterocycles. The molecule has 0 unspecified atom stereocenters. The molecule has 8 heteroatoms. The monoisotopic (exact) mass is 349 g/mol. The summed E-state index contributed by atoms with van der Waals surface area (Å²) in [6.07, 6.45) is 4.50. The van der Waals surface area contributed by atoms with Crippen molar-refractivity contribution in [2.75, 3.05) is 31.1 Å². The SMILES string of the molecule is CC(C)(C)OC(=O)NCCNC(=O)C1CCN(c2ncccn2)CC1. The normalized spacial score (nSPS) is 15.6. The van der Waals surface area contributed by atoms with E-state index in [-0.39, 0.29) is 11.8 Å². The standard InChI is InChI=1S/C17H27N5O3/c1-17(2,3)25-16(24)21-10-9-18-14(23)13-5-11-22(12-6-13)15-19-7-4-8-20-15/h4,7-8,13H,5-6,9-12H2,1-3H3,(H,18,23)(H,21,24). The van der Waals surface area contributed by atoms with Gasteiger partial charge in [-0.25, -0.2) is 14.8 Å². The van der Waals surface area contributed by atoms with Gasteiger partial charge in [0.25, 0.3) is 0 Å². The quantitative estimate of drug-likeness (QED) is 0.779. The lowest BCUT2D eigenvalue weighted by atomic mass is 9.96. The summed E-state index contributed by atoms with van der Waals surface area (Å²) in [4.78, 5) is 34.3. The molecule has 1 fully saturated rings. The number of hydrogen-bond donors (Lipinski definition) is 2. The molecule has 1 saturated heterocycles. The Labute approximate surface area is 148 Å². The van der Waals surface area contributed by atoms with E-state index in [1.54, 1.807) is 39.2 Å². The number of aromatic nitrogens is 2. The fourth-order valence-corrected chi connectivity index (χ4v) is 2.60. The summed E-state index contributed by atoms with van der Waals surface area (Å²) < 4.78 is 5.13. The van der Waals surface area contributed by atoms with Gasteiger partial charge in [0, 0.05) is 44.5 Å². The molecule has 0 radical (unpaired) electrons. The number of amides is 2. The number of hydrogen-bond acceptors (Lipinski definition) is 6. The van der Waals surface area contributed by atoms with Gasteiger partial charge in [0.1, 0.15) is 5.60 Å². The van der Waals surface area contributed by atoms with Crippen molar-refractivity contribution in [2.24, 2.45) is 5.92 Å². The van der Waals surface area contributed by atoms with Crippen LogP contribution in [-0.2, 0) is 9.53 Å². The molecule has 2 heterocycles. The number of carbonyl (C=O) groups excluding carboxylic acids is 2. The Morgan fingerprint density at radius 1 is 1.16 bits per heavy atom. The molecule has 0 atom stereocenters. The van der Waals surface area contributed by atoms with Crippen LogP contribution in [0.5, 0.6) is 0 Å². The molecule has 8 nitrogen and oxygen atoms in total. The minimum absolute atomic E-state index is 0.0125. The Morgan fingerprint density at radius 2 is 1.76 bits per heavy atom. The van der Waals surface area contributed by atoms with Gasteiger partial charge in [-0.15, -0.1) is 0 Å². The Kier molecular flexibility index (Phi) is 6.55. The lowest BCUT2D eigenvalue weighted by Gasteiger charge is -2.31. The number of piperidine rings is 1. The summed E-state index contributed by atoms with van der Waals surface area (Å²) in [5.74, 6) is 0.726. The zero-order chi connectivity index (χ0) is 18.3. The third kappa shape index (κ3) is 6.56. The van der Waals surface area contributed by atoms with Crippen LogP contribution in [0, 0.1) is 5.92 Å². The van der Waals surface area contributed by atoms with Crippen molar-refractivity contribution < 1.29 is 14.3 Å². The molecule has 1 aliphatic heterocycles. The average Bonchev–Trinajstić information content (AvgIpc) is 2.58. The smallest absolute Gasteiger partial charge is 0.407 e. The second kappa shape index (κ2) is 8.64. The van der Waals surface area contributed by atoms with Gasteiger partial charge in [-0.2, -0.15) is 0 Å². The van der Waals surface area contributed by atoms with Crippen molar-refractivity contribution in [3.05, 3.63) is 18.5 Å². The van der Waals surface area contributed by atoms with E-state index in [4.69, 9.17) is 4.74 Å². The molecule has 1 aliphatic rings. The molecular formula is C17H27N5O3. The molecule has 2 rings (SSSR count). The molecule has 0 spiro atoms. The van der Waals surface area contributed by atoms with Gasteiger partial charge in [-0.1, -0.05) is 0 Å². The van der Waals surface area contributed by atoms with Gasteiger partial charge < -0.3 is 20.3 Å². The first-order chi connectivity index (χ1) is 11.8. The van der Waals surface area contributed by atoms with Crippen LogP contribution in [0.1, 0.15) is 33.6 Å². The highest BCUT2D eigenvalue weighted by molar-refractivity contribution is 5.79. The van der Waals surface area contributed by atoms with Crippen molar-refractivity contribution in [1.29, 1.82) is 0 Å². The molecule has 2 amide bonds. The molecule has 138 valence electrons. The predicted molar refractivity (Wildman–Crippen MR) is 94.2 cm³/mol. The van der Waals surface area contributed by atoms with Crippen LogP contribution in [0.15, 0.2) is 18.5 Å². The summed E-state index contributed by atoms with van der Waals surface area (Å²) in [6.45, 7) is 7.68. The van der Waals surface area contributed by atoms with Crippen molar-refractivity contribution in [3.63, 3.8) is 0 Å². The number of nitrogens with zero attached hydrogens (tertiary/aromatic N) is 3. The first-order valence-electron chi connectivity index (χ1n) is 8.62. The van der Waals surface area contributed by atoms with Gasteiger partial charge in [0.05, 0.1) is 0 Å². The van der Waals surface area contributed by atoms with Crippen molar-refractivity contribution in [2.45, 2.75) is 39.2 Å². The van der Waals surface area contributed by atoms with Crippen LogP contribution in [0.2, 0.25) is 0 Å². The van der Waals surface area contributed by atoms with E-state index in [1.807, 2.05) is 0 Å². The van der Waals surface area contributed by atoms with Gasteiger partial charge in [-0.3, -0.25) is 4.79 Å². The Hall–Kier alpha value is -2.38. The van der Waals surface area contributed by atoms with E-state index < -0.39 is 11.7 Å². The van der Waals surface area contributed by atoms with E-state index in [2.05, 4.69) is 25.5 Å². The average molecular weight is 349 g/mol. The number of carbonyl (C=O) groups is 2. The first-order valence-corrected chi connectivity index (χ1v) is 8.62. The van der Waals surface area contributed by atoms with Crippen LogP contribution in [-0.4, -0.2) is 53.7 Å². The van der Waals surface area contributed by atoms with E-state index in [1.165, 1.54) is 0 Å². The first kappa shape index (κ1) is 19.0. The fraction of sp³-hybridized carbons (Fsp3) is 0.647. The number of anilines is 1. The van der Waals surface area contributed by atoms with Crippen molar-refractivity contribution in [3.8, 4) is 0 Å². The van der Waals surface area contributed by atoms with Gasteiger partial charge in [-0.05, 0) is 39.7 Å². The van der Waals surface area contributed by atoms with E-state index in [0.29, 0.717) is 19.0 Å². The minimum atomic E-state index is -0.524. The minimum Gasteiger partial charge on any atom is -0.444 e. The zero-order valence-corrected chi connectivity index (χ0v) is 15.1. The van der Waals surface area contributed by atoms with Crippen LogP contribution in [0.25, 0.3) is 0 Å². The van der Waals surface area contributed by atoms with Crippen LogP contribution < -0.4 is 15.5 Å². The maximum Gasteiger partial charge on any atom is 0.407 e. The van der Waals surface area contributed by atoms with Crippen molar-refractivity contribution in [1.82, 2.24) is 20.6 Å². The summed E-state index contributed by atoms with van der Waals surface area (Å²) in [5.41, 5.74) is -0.524. The predicted octanol–water partition coefficient (Wildman–Crippen LogP) is 1.33. The summed E-state index contributed by atoms with van der Waals surface area (Å²) >= 11 is 0. The molecular weight excluding hydrogens is 322 g/mol. The largest absolute Gasteiger partial charge is 0.444 e. The van der Waals surface area contributed by atoms with E-state index in [0.717, 1.165) is 25.9 Å². The Bertz CT molecular complexity index is 565. The molecule has 2 N–H and O–H groups in total. The third-order valence-corrected chi connectivity index (χ3v) is 3.79. The maximum absolute atomic E-state index is 12.2. The maximum atomic E-state index is 12.2. The van der Waals surface area contributed by atoms with Crippen LogP contribution in [0.4, 0.5) is 10.7 Å². The third-order valence-electron chi connectivity index (χ3n) is 3.79. The highest BCUT2D eigenvalue weighted by atomic mass is 16.6. The molecule has 0 aliphatic carbocycles. The molecule has 0 aromatic carbocycles. The number of ether oxygens (including phenoxy) is 1. The van der Waals surface area contributed by atoms with Crippen LogP contribution >= 0.6 is 0 Å². The Morgan fingerprint density at radius 3 is 2.36 bits per heavy atom. The van der Waals surface area contributed by atoms with Gasteiger partial charge >= 0.3 is 6.09 Å². The number of alkyl carbamates (subject to hydrolysis) is 1. The lowest BCUT2D eigenvalue weighted by molar-refractivity contribution is -0.125. The van der Waals surface area contributed by atoms with Crippen LogP contribution in [0.3, 0.4) is 0 Å². The zero-order valence-electron chi connectivity index (χ0n) is 15.1. The topological polar surface area (TPSA) is 96.5 Å². The van der Waals surface area contributed by atoms with Gasteiger partial charge in [0.15, 0.2) is 0 Å². The highest BCUT2D eigenvalue weighted by Gasteiger charge is 2.25. The summed E-state index contributed by atoms with van der Waals surface area (Å²) in [5, 5.41) is 5.49. The highest BCUT2D eigenvalue weighted by Crippen LogP contribution is 2.20. The number of nitrogens with one attached hydrogen (secondary N) is 2. The molecule has 0 saturated carbocycles. The molecule has 1 aromatic rings. The van der Waals surface area contributed by atoms with E-state index in [9.17, 15) is 9.59 Å². The molecule has 0 bridgehead atoms. The lowest BCUT2D eigenvalue weighted by Crippen LogP contribution is -2.43. The second-order valence-electron chi connectivity index (χ2n) is 7.03. The summed E-state index contributed by atoms with van der Waals surface area (Å²) in [6, 6.07) is 1.79. The Balaban J connectivity index is 1.63. The summed E-state index contributed by atoms with van der Waals surface area (Å²) in [7, 11) is 0. The fourth-order valence-electron chi connectivity index (χ4n) is 2.60. The second-order valence-corrected chi connectivity index (χ2v) is 7.03. The number of rotatable bonds is 5. The van der Waals surface area contributed by atoms with Gasteiger partial charge in [0.2, 0.25) is 11.9 Å². The molecule has 25 heavy (non-hydrogen) atoms. The van der Waals surface area contributed by atoms with Crippen molar-refractivity contribution >= 4 is 17.9 Å².